The smallest absolute Gasteiger partial charge is 0.404 e. The number of benzene rings is 1. The molecule has 0 aliphatic heterocycles. The van der Waals surface area contributed by atoms with E-state index in [2.05, 4.69) is 11.4 Å². The molecule has 0 radical (unpaired) electrons. The molecule has 0 aliphatic carbocycles. The van der Waals surface area contributed by atoms with Gasteiger partial charge in [0.05, 0.1) is 6.61 Å². The van der Waals surface area contributed by atoms with Crippen LogP contribution in [0.2, 0.25) is 0 Å². The van der Waals surface area contributed by atoms with E-state index >= 15 is 0 Å². The number of nitrogens with one attached hydrogen (secondary N) is 1. The predicted octanol–water partition coefficient (Wildman–Crippen LogP) is 3.11. The molecule has 1 heterocycles. The Morgan fingerprint density at radius 2 is 2.28 bits per heavy atom. The third kappa shape index (κ3) is 2.73. The van der Waals surface area contributed by atoms with Crippen LogP contribution in [0.3, 0.4) is 0 Å². The Kier molecular flexibility index (Phi) is 4.04. The van der Waals surface area contributed by atoms with Crippen molar-refractivity contribution in [1.29, 1.82) is 0 Å². The zero-order valence-electron chi connectivity index (χ0n) is 10.1. The fourth-order valence-electron chi connectivity index (χ4n) is 1.93. The molecule has 0 fully saturated rings. The number of amides is 1. The van der Waals surface area contributed by atoms with Gasteiger partial charge in [0.1, 0.15) is 5.75 Å². The minimum Gasteiger partial charge on any atom is -0.494 e. The molecule has 96 valence electrons. The molecule has 1 amide bonds. The topological polar surface area (TPSA) is 58.6 Å². The van der Waals surface area contributed by atoms with E-state index in [1.165, 1.54) is 4.70 Å². The van der Waals surface area contributed by atoms with E-state index in [0.29, 0.717) is 19.6 Å². The summed E-state index contributed by atoms with van der Waals surface area (Å²) in [6.07, 6.45) is -0.360. The van der Waals surface area contributed by atoms with Gasteiger partial charge in [-0.15, -0.1) is 11.3 Å². The number of rotatable bonds is 5. The molecule has 4 nitrogen and oxygen atoms in total. The number of fused-ring (bicyclic) bond motifs is 1. The Hall–Kier alpha value is -1.75. The molecule has 18 heavy (non-hydrogen) atoms. The van der Waals surface area contributed by atoms with Crippen LogP contribution in [0.1, 0.15) is 12.5 Å². The van der Waals surface area contributed by atoms with Gasteiger partial charge in [0.2, 0.25) is 0 Å². The van der Waals surface area contributed by atoms with Crippen molar-refractivity contribution in [2.45, 2.75) is 13.3 Å². The molecule has 2 aromatic rings. The summed E-state index contributed by atoms with van der Waals surface area (Å²) in [5.41, 5.74) is 1.07. The summed E-state index contributed by atoms with van der Waals surface area (Å²) >= 11 is 1.68. The number of thiophene rings is 1. The summed E-state index contributed by atoms with van der Waals surface area (Å²) in [5, 5.41) is 14.2. The van der Waals surface area contributed by atoms with Gasteiger partial charge in [-0.3, -0.25) is 0 Å². The summed E-state index contributed by atoms with van der Waals surface area (Å²) in [6, 6.07) is 6.05. The van der Waals surface area contributed by atoms with E-state index in [1.54, 1.807) is 11.3 Å². The van der Waals surface area contributed by atoms with Crippen molar-refractivity contribution in [2.75, 3.05) is 13.2 Å². The SMILES string of the molecule is CCOc1ccc2sccc2c1CCNC(=O)O. The molecule has 0 saturated carbocycles. The molecule has 0 atom stereocenters. The zero-order chi connectivity index (χ0) is 13.0. The summed E-state index contributed by atoms with van der Waals surface area (Å²) in [6.45, 7) is 2.94. The van der Waals surface area contributed by atoms with Crippen LogP contribution in [-0.4, -0.2) is 24.4 Å². The van der Waals surface area contributed by atoms with Crippen molar-refractivity contribution in [3.8, 4) is 5.75 Å². The van der Waals surface area contributed by atoms with Crippen LogP contribution in [0.4, 0.5) is 4.79 Å². The first-order valence-electron chi connectivity index (χ1n) is 5.81. The molecule has 0 bridgehead atoms. The first kappa shape index (κ1) is 12.7. The molecule has 0 unspecified atom stereocenters. The highest BCUT2D eigenvalue weighted by Crippen LogP contribution is 2.31. The van der Waals surface area contributed by atoms with Gasteiger partial charge in [-0.25, -0.2) is 4.79 Å². The van der Waals surface area contributed by atoms with Crippen LogP contribution in [-0.2, 0) is 6.42 Å². The third-order valence-corrected chi connectivity index (χ3v) is 3.54. The molecule has 2 N–H and O–H groups in total. The van der Waals surface area contributed by atoms with Crippen molar-refractivity contribution in [3.05, 3.63) is 29.1 Å². The van der Waals surface area contributed by atoms with Crippen LogP contribution in [0.25, 0.3) is 10.1 Å². The second-order valence-electron chi connectivity index (χ2n) is 3.79. The van der Waals surface area contributed by atoms with E-state index < -0.39 is 6.09 Å². The molecule has 0 saturated heterocycles. The van der Waals surface area contributed by atoms with E-state index in [1.807, 2.05) is 24.4 Å². The van der Waals surface area contributed by atoms with E-state index in [0.717, 1.165) is 16.7 Å². The predicted molar refractivity (Wildman–Crippen MR) is 72.7 cm³/mol. The van der Waals surface area contributed by atoms with Crippen molar-refractivity contribution >= 4 is 27.5 Å². The Labute approximate surface area is 109 Å². The second-order valence-corrected chi connectivity index (χ2v) is 4.74. The number of carbonyl (C=O) groups is 1. The van der Waals surface area contributed by atoms with Crippen molar-refractivity contribution < 1.29 is 14.6 Å². The summed E-state index contributed by atoms with van der Waals surface area (Å²) in [4.78, 5) is 10.5. The lowest BCUT2D eigenvalue weighted by molar-refractivity contribution is 0.194. The lowest BCUT2D eigenvalue weighted by Gasteiger charge is -2.11. The van der Waals surface area contributed by atoms with Crippen LogP contribution in [0, 0.1) is 0 Å². The van der Waals surface area contributed by atoms with Gasteiger partial charge < -0.3 is 15.2 Å². The molecule has 0 aliphatic rings. The number of hydrogen-bond donors (Lipinski definition) is 2. The van der Waals surface area contributed by atoms with Gasteiger partial charge >= 0.3 is 6.09 Å². The molecular formula is C13H15NO3S. The maximum atomic E-state index is 10.5. The Morgan fingerprint density at radius 3 is 3.00 bits per heavy atom. The van der Waals surface area contributed by atoms with Crippen molar-refractivity contribution in [1.82, 2.24) is 5.32 Å². The second kappa shape index (κ2) is 5.73. The lowest BCUT2D eigenvalue weighted by atomic mass is 10.1. The van der Waals surface area contributed by atoms with Gasteiger partial charge in [0.15, 0.2) is 0 Å². The lowest BCUT2D eigenvalue weighted by Crippen LogP contribution is -2.23. The Balaban J connectivity index is 2.27. The van der Waals surface area contributed by atoms with Crippen molar-refractivity contribution in [3.63, 3.8) is 0 Å². The van der Waals surface area contributed by atoms with Crippen LogP contribution in [0.15, 0.2) is 23.6 Å². The average molecular weight is 265 g/mol. The van der Waals surface area contributed by atoms with E-state index in [9.17, 15) is 4.79 Å². The molecule has 1 aromatic heterocycles. The summed E-state index contributed by atoms with van der Waals surface area (Å²) in [7, 11) is 0. The molecule has 0 spiro atoms. The van der Waals surface area contributed by atoms with Crippen molar-refractivity contribution in [2.24, 2.45) is 0 Å². The van der Waals surface area contributed by atoms with Gasteiger partial charge in [-0.2, -0.15) is 0 Å². The first-order chi connectivity index (χ1) is 8.72. The van der Waals surface area contributed by atoms with Gasteiger partial charge in [0, 0.05) is 16.8 Å². The molecule has 5 heteroatoms. The summed E-state index contributed by atoms with van der Waals surface area (Å²) < 4.78 is 6.80. The Bertz CT molecular complexity index is 550. The highest BCUT2D eigenvalue weighted by Gasteiger charge is 2.09. The maximum absolute atomic E-state index is 10.5. The third-order valence-electron chi connectivity index (χ3n) is 2.65. The van der Waals surface area contributed by atoms with E-state index in [4.69, 9.17) is 9.84 Å². The molecule has 1 aromatic carbocycles. The number of ether oxygens (including phenoxy) is 1. The van der Waals surface area contributed by atoms with Gasteiger partial charge in [0.25, 0.3) is 0 Å². The molecular weight excluding hydrogens is 250 g/mol. The number of hydrogen-bond acceptors (Lipinski definition) is 3. The van der Waals surface area contributed by atoms with Crippen LogP contribution < -0.4 is 10.1 Å². The summed E-state index contributed by atoms with van der Waals surface area (Å²) in [5.74, 6) is 0.843. The quantitative estimate of drug-likeness (QED) is 0.873. The molecule has 2 rings (SSSR count). The standard InChI is InChI=1S/C13H15NO3S/c1-2-17-11-3-4-12-10(6-8-18-12)9(11)5-7-14-13(15)16/h3-4,6,8,14H,2,5,7H2,1H3,(H,15,16). The minimum absolute atomic E-state index is 0.393. The highest BCUT2D eigenvalue weighted by molar-refractivity contribution is 7.17. The monoisotopic (exact) mass is 265 g/mol. The normalized spacial score (nSPS) is 10.5. The maximum Gasteiger partial charge on any atom is 0.404 e. The average Bonchev–Trinajstić information content (AvgIpc) is 2.79. The minimum atomic E-state index is -0.995. The fourth-order valence-corrected chi connectivity index (χ4v) is 2.74. The first-order valence-corrected chi connectivity index (χ1v) is 6.69. The van der Waals surface area contributed by atoms with Gasteiger partial charge in [-0.1, -0.05) is 0 Å². The van der Waals surface area contributed by atoms with E-state index in [-0.39, 0.29) is 0 Å². The Morgan fingerprint density at radius 1 is 1.44 bits per heavy atom. The largest absolute Gasteiger partial charge is 0.494 e. The fraction of sp³-hybridized carbons (Fsp3) is 0.308. The zero-order valence-corrected chi connectivity index (χ0v) is 10.9. The number of carboxylic acid groups (broad SMARTS) is 1. The van der Waals surface area contributed by atoms with Gasteiger partial charge in [-0.05, 0) is 42.3 Å². The van der Waals surface area contributed by atoms with Crippen LogP contribution in [0.5, 0.6) is 5.75 Å². The van der Waals surface area contributed by atoms with Crippen LogP contribution >= 0.6 is 11.3 Å². The highest BCUT2D eigenvalue weighted by atomic mass is 32.1.